The number of ether oxygens (including phenoxy) is 1. The molecule has 0 aromatic heterocycles. The molecule has 1 aliphatic carbocycles. The molecule has 1 amide bonds. The number of carbonyl (C=O) groups excluding carboxylic acids is 2. The number of hydrogen-bond donors (Lipinski definition) is 1. The van der Waals surface area contributed by atoms with E-state index >= 15 is 0 Å². The van der Waals surface area contributed by atoms with Crippen molar-refractivity contribution in [3.63, 3.8) is 0 Å². The van der Waals surface area contributed by atoms with Crippen LogP contribution >= 0.6 is 0 Å². The zero-order valence-corrected chi connectivity index (χ0v) is 10.3. The fourth-order valence-corrected chi connectivity index (χ4v) is 2.18. The summed E-state index contributed by atoms with van der Waals surface area (Å²) >= 11 is 0. The maximum atomic E-state index is 11.5. The summed E-state index contributed by atoms with van der Waals surface area (Å²) in [5, 5.41) is 2.97. The molecular formula is C12H20N2O3. The SMILES string of the molecule is COC(=O)C1CCN(CCC(=O)NC2CC2)C1. The summed E-state index contributed by atoms with van der Waals surface area (Å²) in [6.45, 7) is 2.35. The number of amides is 1. The van der Waals surface area contributed by atoms with Gasteiger partial charge in [-0.05, 0) is 25.8 Å². The average molecular weight is 240 g/mol. The second-order valence-electron chi connectivity index (χ2n) is 4.90. The minimum Gasteiger partial charge on any atom is -0.469 e. The Morgan fingerprint density at radius 1 is 1.35 bits per heavy atom. The van der Waals surface area contributed by atoms with Gasteiger partial charge in [0.2, 0.25) is 5.91 Å². The van der Waals surface area contributed by atoms with Gasteiger partial charge in [-0.15, -0.1) is 0 Å². The highest BCUT2D eigenvalue weighted by Crippen LogP contribution is 2.19. The summed E-state index contributed by atoms with van der Waals surface area (Å²) in [7, 11) is 1.42. The van der Waals surface area contributed by atoms with E-state index in [1.807, 2.05) is 0 Å². The predicted molar refractivity (Wildman–Crippen MR) is 62.3 cm³/mol. The largest absolute Gasteiger partial charge is 0.469 e. The molecule has 0 spiro atoms. The molecule has 5 nitrogen and oxygen atoms in total. The van der Waals surface area contributed by atoms with Crippen molar-refractivity contribution in [3.8, 4) is 0 Å². The first-order valence-corrected chi connectivity index (χ1v) is 6.28. The van der Waals surface area contributed by atoms with Gasteiger partial charge in [0.15, 0.2) is 0 Å². The Bertz CT molecular complexity index is 302. The summed E-state index contributed by atoms with van der Waals surface area (Å²) in [4.78, 5) is 25.0. The van der Waals surface area contributed by atoms with Gasteiger partial charge in [0.05, 0.1) is 13.0 Å². The van der Waals surface area contributed by atoms with Crippen molar-refractivity contribution in [1.29, 1.82) is 0 Å². The topological polar surface area (TPSA) is 58.6 Å². The predicted octanol–water partition coefficient (Wildman–Crippen LogP) is 0.150. The van der Waals surface area contributed by atoms with Crippen LogP contribution in [-0.4, -0.2) is 49.6 Å². The van der Waals surface area contributed by atoms with Gasteiger partial charge in [0, 0.05) is 25.6 Å². The fraction of sp³-hybridized carbons (Fsp3) is 0.833. The third-order valence-corrected chi connectivity index (χ3v) is 3.40. The van der Waals surface area contributed by atoms with Gasteiger partial charge in [0.1, 0.15) is 0 Å². The van der Waals surface area contributed by atoms with E-state index in [1.54, 1.807) is 0 Å². The average Bonchev–Trinajstić information content (AvgIpc) is 3.00. The van der Waals surface area contributed by atoms with Gasteiger partial charge in [-0.1, -0.05) is 0 Å². The molecule has 17 heavy (non-hydrogen) atoms. The number of nitrogens with one attached hydrogen (secondary N) is 1. The summed E-state index contributed by atoms with van der Waals surface area (Å²) < 4.78 is 4.72. The van der Waals surface area contributed by atoms with Crippen LogP contribution in [0.3, 0.4) is 0 Å². The van der Waals surface area contributed by atoms with Crippen molar-refractivity contribution in [2.24, 2.45) is 5.92 Å². The summed E-state index contributed by atoms with van der Waals surface area (Å²) in [5.41, 5.74) is 0. The Kier molecular flexibility index (Phi) is 3.99. The molecule has 2 aliphatic rings. The molecule has 0 radical (unpaired) electrons. The molecule has 5 heteroatoms. The van der Waals surface area contributed by atoms with Crippen LogP contribution in [0.2, 0.25) is 0 Å². The van der Waals surface area contributed by atoms with Crippen molar-refractivity contribution in [1.82, 2.24) is 10.2 Å². The van der Waals surface area contributed by atoms with Crippen LogP contribution in [-0.2, 0) is 14.3 Å². The molecule has 1 N–H and O–H groups in total. The van der Waals surface area contributed by atoms with Gasteiger partial charge in [-0.25, -0.2) is 0 Å². The second-order valence-corrected chi connectivity index (χ2v) is 4.90. The molecule has 2 rings (SSSR count). The van der Waals surface area contributed by atoms with E-state index < -0.39 is 0 Å². The van der Waals surface area contributed by atoms with Crippen molar-refractivity contribution in [2.45, 2.75) is 31.7 Å². The molecule has 1 saturated heterocycles. The highest BCUT2D eigenvalue weighted by Gasteiger charge is 2.29. The van der Waals surface area contributed by atoms with Gasteiger partial charge in [0.25, 0.3) is 0 Å². The molecule has 1 unspecified atom stereocenters. The highest BCUT2D eigenvalue weighted by molar-refractivity contribution is 5.76. The molecule has 96 valence electrons. The Labute approximate surface area is 101 Å². The van der Waals surface area contributed by atoms with E-state index in [2.05, 4.69) is 10.2 Å². The maximum absolute atomic E-state index is 11.5. The van der Waals surface area contributed by atoms with Crippen molar-refractivity contribution in [3.05, 3.63) is 0 Å². The van der Waals surface area contributed by atoms with E-state index in [4.69, 9.17) is 4.74 Å². The molecule has 1 saturated carbocycles. The number of rotatable bonds is 5. The number of carbonyl (C=O) groups is 2. The molecule has 2 fully saturated rings. The van der Waals surface area contributed by atoms with E-state index in [9.17, 15) is 9.59 Å². The first-order chi connectivity index (χ1) is 8.19. The van der Waals surface area contributed by atoms with Crippen LogP contribution in [0.4, 0.5) is 0 Å². The van der Waals surface area contributed by atoms with Gasteiger partial charge < -0.3 is 15.0 Å². The van der Waals surface area contributed by atoms with Crippen molar-refractivity contribution in [2.75, 3.05) is 26.7 Å². The summed E-state index contributed by atoms with van der Waals surface area (Å²) in [5.74, 6) is -0.00422. The Morgan fingerprint density at radius 3 is 2.76 bits per heavy atom. The molecule has 0 bridgehead atoms. The van der Waals surface area contributed by atoms with Crippen LogP contribution in [0.15, 0.2) is 0 Å². The quantitative estimate of drug-likeness (QED) is 0.695. The Morgan fingerprint density at radius 2 is 2.12 bits per heavy atom. The lowest BCUT2D eigenvalue weighted by Gasteiger charge is -2.14. The number of likely N-dealkylation sites (tertiary alicyclic amines) is 1. The molecular weight excluding hydrogens is 220 g/mol. The van der Waals surface area contributed by atoms with E-state index in [0.717, 1.165) is 38.9 Å². The minimum absolute atomic E-state index is 0.00788. The Balaban J connectivity index is 1.63. The monoisotopic (exact) mass is 240 g/mol. The van der Waals surface area contributed by atoms with Crippen LogP contribution in [0, 0.1) is 5.92 Å². The third-order valence-electron chi connectivity index (χ3n) is 3.40. The minimum atomic E-state index is -0.130. The van der Waals surface area contributed by atoms with Crippen LogP contribution in [0.1, 0.15) is 25.7 Å². The molecule has 0 aromatic carbocycles. The van der Waals surface area contributed by atoms with E-state index in [-0.39, 0.29) is 17.8 Å². The number of methoxy groups -OCH3 is 1. The van der Waals surface area contributed by atoms with Crippen LogP contribution in [0.5, 0.6) is 0 Å². The van der Waals surface area contributed by atoms with E-state index in [1.165, 1.54) is 7.11 Å². The maximum Gasteiger partial charge on any atom is 0.310 e. The lowest BCUT2D eigenvalue weighted by atomic mass is 10.1. The first-order valence-electron chi connectivity index (χ1n) is 6.28. The van der Waals surface area contributed by atoms with Gasteiger partial charge in [-0.2, -0.15) is 0 Å². The second kappa shape index (κ2) is 5.49. The first kappa shape index (κ1) is 12.4. The van der Waals surface area contributed by atoms with Gasteiger partial charge >= 0.3 is 5.97 Å². The lowest BCUT2D eigenvalue weighted by molar-refractivity contribution is -0.144. The molecule has 1 aliphatic heterocycles. The highest BCUT2D eigenvalue weighted by atomic mass is 16.5. The summed E-state index contributed by atoms with van der Waals surface area (Å²) in [6.07, 6.45) is 3.63. The smallest absolute Gasteiger partial charge is 0.310 e. The van der Waals surface area contributed by atoms with Crippen LogP contribution < -0.4 is 5.32 Å². The molecule has 0 aromatic rings. The van der Waals surface area contributed by atoms with E-state index in [0.29, 0.717) is 12.5 Å². The van der Waals surface area contributed by atoms with Crippen LogP contribution in [0.25, 0.3) is 0 Å². The molecule has 1 atom stereocenters. The lowest BCUT2D eigenvalue weighted by Crippen LogP contribution is -2.31. The number of hydrogen-bond acceptors (Lipinski definition) is 4. The zero-order chi connectivity index (χ0) is 12.3. The molecule has 1 heterocycles. The Hall–Kier alpha value is -1.10. The number of nitrogens with zero attached hydrogens (tertiary/aromatic N) is 1. The normalized spacial score (nSPS) is 24.6. The van der Waals surface area contributed by atoms with Crippen molar-refractivity contribution >= 4 is 11.9 Å². The van der Waals surface area contributed by atoms with Crippen molar-refractivity contribution < 1.29 is 14.3 Å². The summed E-state index contributed by atoms with van der Waals surface area (Å²) in [6, 6.07) is 0.434. The third kappa shape index (κ3) is 3.70. The fourth-order valence-electron chi connectivity index (χ4n) is 2.18. The standard InChI is InChI=1S/C12H20N2O3/c1-17-12(16)9-4-6-14(8-9)7-5-11(15)13-10-2-3-10/h9-10H,2-8H2,1H3,(H,13,15). The zero-order valence-electron chi connectivity index (χ0n) is 10.3. The number of esters is 1. The van der Waals surface area contributed by atoms with Gasteiger partial charge in [-0.3, -0.25) is 9.59 Å².